The molecule has 0 spiro atoms. The zero-order valence-electron chi connectivity index (χ0n) is 10.9. The first kappa shape index (κ1) is 12.4. The predicted octanol–water partition coefficient (Wildman–Crippen LogP) is 2.97. The summed E-state index contributed by atoms with van der Waals surface area (Å²) in [4.78, 5) is 0. The van der Waals surface area contributed by atoms with Gasteiger partial charge in [-0.3, -0.25) is 0 Å². The molecule has 0 bridgehead atoms. The van der Waals surface area contributed by atoms with E-state index < -0.39 is 0 Å². The lowest BCUT2D eigenvalue weighted by Crippen LogP contribution is -2.43. The van der Waals surface area contributed by atoms with E-state index in [4.69, 9.17) is 4.74 Å². The fourth-order valence-corrected chi connectivity index (χ4v) is 3.60. The molecule has 0 amide bonds. The zero-order valence-corrected chi connectivity index (χ0v) is 10.9. The highest BCUT2D eigenvalue weighted by Crippen LogP contribution is 2.35. The van der Waals surface area contributed by atoms with Crippen molar-refractivity contribution in [2.75, 3.05) is 19.8 Å². The second kappa shape index (κ2) is 5.50. The van der Waals surface area contributed by atoms with Crippen molar-refractivity contribution in [3.63, 3.8) is 0 Å². The summed E-state index contributed by atoms with van der Waals surface area (Å²) in [5, 5.41) is 3.79. The number of ether oxygens (including phenoxy) is 1. The van der Waals surface area contributed by atoms with Crippen molar-refractivity contribution in [2.24, 2.45) is 11.8 Å². The first-order valence-corrected chi connectivity index (χ1v) is 7.03. The van der Waals surface area contributed by atoms with Crippen molar-refractivity contribution in [1.82, 2.24) is 5.32 Å². The second-order valence-corrected chi connectivity index (χ2v) is 6.20. The summed E-state index contributed by atoms with van der Waals surface area (Å²) in [5.41, 5.74) is 0.444. The van der Waals surface area contributed by atoms with Gasteiger partial charge in [0.15, 0.2) is 0 Å². The normalized spacial score (nSPS) is 35.8. The molecule has 16 heavy (non-hydrogen) atoms. The third kappa shape index (κ3) is 3.21. The van der Waals surface area contributed by atoms with Crippen molar-refractivity contribution < 1.29 is 4.74 Å². The quantitative estimate of drug-likeness (QED) is 0.794. The van der Waals surface area contributed by atoms with E-state index in [1.807, 2.05) is 0 Å². The fourth-order valence-electron chi connectivity index (χ4n) is 3.60. The van der Waals surface area contributed by atoms with E-state index in [9.17, 15) is 0 Å². The van der Waals surface area contributed by atoms with E-state index in [2.05, 4.69) is 19.2 Å². The van der Waals surface area contributed by atoms with Gasteiger partial charge in [0.1, 0.15) is 0 Å². The first-order valence-electron chi connectivity index (χ1n) is 7.03. The van der Waals surface area contributed by atoms with Gasteiger partial charge in [0.25, 0.3) is 0 Å². The van der Waals surface area contributed by atoms with Crippen LogP contribution in [-0.4, -0.2) is 25.3 Å². The van der Waals surface area contributed by atoms with Crippen molar-refractivity contribution >= 4 is 0 Å². The van der Waals surface area contributed by atoms with E-state index in [-0.39, 0.29) is 0 Å². The number of nitrogens with one attached hydrogen (secondary N) is 1. The highest BCUT2D eigenvalue weighted by Gasteiger charge is 2.36. The summed E-state index contributed by atoms with van der Waals surface area (Å²) < 4.78 is 5.61. The largest absolute Gasteiger partial charge is 0.381 e. The molecule has 0 aliphatic carbocycles. The van der Waals surface area contributed by atoms with Crippen LogP contribution in [0.25, 0.3) is 0 Å². The van der Waals surface area contributed by atoms with E-state index in [0.717, 1.165) is 25.0 Å². The Kier molecular flexibility index (Phi) is 4.26. The number of rotatable bonds is 4. The molecule has 0 aromatic rings. The minimum atomic E-state index is 0.444. The predicted molar refractivity (Wildman–Crippen MR) is 67.6 cm³/mol. The van der Waals surface area contributed by atoms with Crippen LogP contribution in [0.4, 0.5) is 0 Å². The van der Waals surface area contributed by atoms with Crippen LogP contribution in [0.3, 0.4) is 0 Å². The molecule has 2 saturated heterocycles. The van der Waals surface area contributed by atoms with Crippen LogP contribution in [0, 0.1) is 11.8 Å². The van der Waals surface area contributed by atoms with Gasteiger partial charge in [0.2, 0.25) is 0 Å². The maximum Gasteiger partial charge on any atom is 0.0494 e. The summed E-state index contributed by atoms with van der Waals surface area (Å²) in [7, 11) is 0. The smallest absolute Gasteiger partial charge is 0.0494 e. The molecular formula is C14H27NO. The average molecular weight is 225 g/mol. The van der Waals surface area contributed by atoms with Crippen LogP contribution in [0.5, 0.6) is 0 Å². The van der Waals surface area contributed by atoms with E-state index >= 15 is 0 Å². The molecule has 2 aliphatic heterocycles. The molecule has 1 N–H and O–H groups in total. The molecule has 2 nitrogen and oxygen atoms in total. The third-order valence-corrected chi connectivity index (χ3v) is 4.07. The van der Waals surface area contributed by atoms with Crippen LogP contribution in [0.15, 0.2) is 0 Å². The Labute approximate surface area is 100 Å². The number of hydrogen-bond donors (Lipinski definition) is 1. The highest BCUT2D eigenvalue weighted by molar-refractivity contribution is 4.95. The van der Waals surface area contributed by atoms with Gasteiger partial charge in [-0.05, 0) is 56.9 Å². The van der Waals surface area contributed by atoms with Crippen molar-refractivity contribution in [3.05, 3.63) is 0 Å². The summed E-state index contributed by atoms with van der Waals surface area (Å²) in [6, 6.07) is 0. The van der Waals surface area contributed by atoms with Crippen LogP contribution >= 0.6 is 0 Å². The highest BCUT2D eigenvalue weighted by atomic mass is 16.5. The Morgan fingerprint density at radius 3 is 2.81 bits per heavy atom. The topological polar surface area (TPSA) is 21.3 Å². The molecule has 2 heterocycles. The molecule has 0 saturated carbocycles. The van der Waals surface area contributed by atoms with Crippen molar-refractivity contribution in [1.29, 1.82) is 0 Å². The monoisotopic (exact) mass is 225 g/mol. The molecular weight excluding hydrogens is 198 g/mol. The maximum absolute atomic E-state index is 5.61. The molecule has 2 rings (SSSR count). The summed E-state index contributed by atoms with van der Waals surface area (Å²) in [5.74, 6) is 1.60. The Balaban J connectivity index is 1.90. The first-order chi connectivity index (χ1) is 7.70. The van der Waals surface area contributed by atoms with E-state index in [0.29, 0.717) is 5.54 Å². The Bertz CT molecular complexity index is 203. The van der Waals surface area contributed by atoms with Gasteiger partial charge in [-0.25, -0.2) is 0 Å². The molecule has 0 aromatic carbocycles. The molecule has 0 aromatic heterocycles. The Morgan fingerprint density at radius 1 is 1.38 bits per heavy atom. The van der Waals surface area contributed by atoms with Gasteiger partial charge in [0, 0.05) is 18.8 Å². The van der Waals surface area contributed by atoms with Gasteiger partial charge in [-0.2, -0.15) is 0 Å². The molecule has 2 heteroatoms. The zero-order chi connectivity index (χ0) is 11.4. The van der Waals surface area contributed by atoms with Gasteiger partial charge in [0.05, 0.1) is 0 Å². The fraction of sp³-hybridized carbons (Fsp3) is 1.00. The van der Waals surface area contributed by atoms with E-state index in [1.165, 1.54) is 45.1 Å². The minimum Gasteiger partial charge on any atom is -0.381 e. The van der Waals surface area contributed by atoms with Crippen LogP contribution in [-0.2, 0) is 4.74 Å². The summed E-state index contributed by atoms with van der Waals surface area (Å²) >= 11 is 0. The van der Waals surface area contributed by atoms with Crippen molar-refractivity contribution in [2.45, 2.75) is 57.9 Å². The SMILES string of the molecule is CC(C)CC1(CC2CCCOC2)CCCN1. The van der Waals surface area contributed by atoms with Gasteiger partial charge in [-0.1, -0.05) is 13.8 Å². The van der Waals surface area contributed by atoms with Gasteiger partial charge in [-0.15, -0.1) is 0 Å². The standard InChI is InChI=1S/C14H27NO/c1-12(2)9-14(6-4-7-15-14)10-13-5-3-8-16-11-13/h12-13,15H,3-11H2,1-2H3. The summed E-state index contributed by atoms with van der Waals surface area (Å²) in [6.45, 7) is 7.90. The molecule has 2 aliphatic rings. The lowest BCUT2D eigenvalue weighted by molar-refractivity contribution is 0.0379. The van der Waals surface area contributed by atoms with Gasteiger partial charge >= 0.3 is 0 Å². The lowest BCUT2D eigenvalue weighted by atomic mass is 9.78. The molecule has 2 fully saturated rings. The Hall–Kier alpha value is -0.0800. The van der Waals surface area contributed by atoms with E-state index in [1.54, 1.807) is 0 Å². The van der Waals surface area contributed by atoms with Crippen molar-refractivity contribution in [3.8, 4) is 0 Å². The third-order valence-electron chi connectivity index (χ3n) is 4.07. The molecule has 94 valence electrons. The minimum absolute atomic E-state index is 0.444. The van der Waals surface area contributed by atoms with Crippen LogP contribution < -0.4 is 5.32 Å². The lowest BCUT2D eigenvalue weighted by Gasteiger charge is -2.36. The van der Waals surface area contributed by atoms with Crippen LogP contribution in [0.2, 0.25) is 0 Å². The number of hydrogen-bond acceptors (Lipinski definition) is 2. The summed E-state index contributed by atoms with van der Waals surface area (Å²) in [6.07, 6.45) is 8.06. The maximum atomic E-state index is 5.61. The Morgan fingerprint density at radius 2 is 2.25 bits per heavy atom. The second-order valence-electron chi connectivity index (χ2n) is 6.20. The molecule has 2 unspecified atom stereocenters. The van der Waals surface area contributed by atoms with Gasteiger partial charge < -0.3 is 10.1 Å². The average Bonchev–Trinajstić information content (AvgIpc) is 2.66. The van der Waals surface area contributed by atoms with Crippen LogP contribution in [0.1, 0.15) is 52.4 Å². The molecule has 2 atom stereocenters. The molecule has 0 radical (unpaired) electrons.